The molecule has 0 radical (unpaired) electrons. The number of dihydropyridines is 1. The molecule has 7 nitrogen and oxygen atoms in total. The van der Waals surface area contributed by atoms with E-state index in [9.17, 15) is 14.4 Å². The van der Waals surface area contributed by atoms with Crippen LogP contribution in [0.4, 0.5) is 0 Å². The maximum absolute atomic E-state index is 13.8. The lowest BCUT2D eigenvalue weighted by Gasteiger charge is -2.38. The highest BCUT2D eigenvalue weighted by atomic mass is 16.5. The lowest BCUT2D eigenvalue weighted by molar-refractivity contribution is -0.151. The first-order valence-corrected chi connectivity index (χ1v) is 12.0. The molecule has 0 saturated heterocycles. The average Bonchev–Trinajstić information content (AvgIpc) is 2.83. The van der Waals surface area contributed by atoms with Gasteiger partial charge in [0.1, 0.15) is 17.8 Å². The number of esters is 2. The Morgan fingerprint density at radius 2 is 1.82 bits per heavy atom. The van der Waals surface area contributed by atoms with Crippen molar-refractivity contribution in [2.75, 3.05) is 14.2 Å². The van der Waals surface area contributed by atoms with Crippen molar-refractivity contribution in [2.45, 2.75) is 64.4 Å². The predicted octanol–water partition coefficient (Wildman–Crippen LogP) is 4.18. The zero-order valence-electron chi connectivity index (χ0n) is 20.3. The molecular formula is C27H33NO6. The lowest BCUT2D eigenvalue weighted by atomic mass is 9.69. The fraction of sp³-hybridized carbons (Fsp3) is 0.519. The molecule has 1 saturated carbocycles. The van der Waals surface area contributed by atoms with Crippen molar-refractivity contribution in [3.8, 4) is 5.75 Å². The van der Waals surface area contributed by atoms with Crippen LogP contribution in [0.2, 0.25) is 0 Å². The van der Waals surface area contributed by atoms with Gasteiger partial charge in [0, 0.05) is 22.9 Å². The van der Waals surface area contributed by atoms with Crippen LogP contribution in [0, 0.1) is 11.8 Å². The Morgan fingerprint density at radius 3 is 2.50 bits per heavy atom. The highest BCUT2D eigenvalue weighted by Gasteiger charge is 2.47. The van der Waals surface area contributed by atoms with Gasteiger partial charge in [0.05, 0.1) is 19.8 Å². The topological polar surface area (TPSA) is 90.9 Å². The molecule has 0 bridgehead atoms. The molecule has 1 aliphatic heterocycles. The van der Waals surface area contributed by atoms with E-state index in [-0.39, 0.29) is 17.8 Å². The molecule has 1 N–H and O–H groups in total. The quantitative estimate of drug-likeness (QED) is 0.513. The third-order valence-corrected chi connectivity index (χ3v) is 7.22. The zero-order valence-corrected chi connectivity index (χ0v) is 20.3. The minimum atomic E-state index is -0.910. The first kappa shape index (κ1) is 24.0. The molecule has 1 fully saturated rings. The molecule has 1 aromatic rings. The highest BCUT2D eigenvalue weighted by Crippen LogP contribution is 2.46. The van der Waals surface area contributed by atoms with Crippen LogP contribution in [0.25, 0.3) is 0 Å². The second-order valence-electron chi connectivity index (χ2n) is 9.48. The summed E-state index contributed by atoms with van der Waals surface area (Å²) in [4.78, 5) is 39.9. The van der Waals surface area contributed by atoms with Crippen LogP contribution in [0.15, 0.2) is 46.8 Å². The van der Waals surface area contributed by atoms with Gasteiger partial charge in [-0.05, 0) is 62.6 Å². The third kappa shape index (κ3) is 4.48. The van der Waals surface area contributed by atoms with Gasteiger partial charge in [-0.2, -0.15) is 0 Å². The molecule has 3 atom stereocenters. The summed E-state index contributed by atoms with van der Waals surface area (Å²) in [5.41, 5.74) is 3.00. The van der Waals surface area contributed by atoms with Gasteiger partial charge >= 0.3 is 11.9 Å². The van der Waals surface area contributed by atoms with E-state index < -0.39 is 23.8 Å². The van der Waals surface area contributed by atoms with Crippen molar-refractivity contribution in [3.63, 3.8) is 0 Å². The Hall–Kier alpha value is -3.09. The number of carbonyl (C=O) groups is 3. The Bertz CT molecular complexity index is 1050. The van der Waals surface area contributed by atoms with Crippen LogP contribution < -0.4 is 10.1 Å². The van der Waals surface area contributed by atoms with E-state index in [1.807, 2.05) is 38.1 Å². The number of Topliss-reactive ketones (excluding diaryl/α,β-unsaturated/α-hetero) is 1. The van der Waals surface area contributed by atoms with Crippen molar-refractivity contribution in [1.29, 1.82) is 0 Å². The van der Waals surface area contributed by atoms with E-state index in [0.717, 1.165) is 43.4 Å². The monoisotopic (exact) mass is 467 g/mol. The molecule has 2 aliphatic carbocycles. The smallest absolute Gasteiger partial charge is 0.337 e. The van der Waals surface area contributed by atoms with Crippen LogP contribution in [-0.2, 0) is 23.9 Å². The van der Waals surface area contributed by atoms with Crippen LogP contribution in [0.3, 0.4) is 0 Å². The second-order valence-corrected chi connectivity index (χ2v) is 9.48. The van der Waals surface area contributed by atoms with Crippen LogP contribution in [0.5, 0.6) is 5.75 Å². The second kappa shape index (κ2) is 10.0. The summed E-state index contributed by atoms with van der Waals surface area (Å²) in [6, 6.07) is 7.37. The number of carbonyl (C=O) groups excluding carboxylic acids is 3. The zero-order chi connectivity index (χ0) is 24.4. The Kier molecular flexibility index (Phi) is 7.10. The summed E-state index contributed by atoms with van der Waals surface area (Å²) in [5.74, 6) is -2.44. The van der Waals surface area contributed by atoms with E-state index in [1.165, 1.54) is 7.11 Å². The molecule has 0 spiro atoms. The minimum Gasteiger partial charge on any atom is -0.497 e. The number of nitrogens with one attached hydrogen (secondary N) is 1. The summed E-state index contributed by atoms with van der Waals surface area (Å²) in [6.07, 6.45) is 5.33. The third-order valence-electron chi connectivity index (χ3n) is 7.22. The molecule has 3 aliphatic rings. The summed E-state index contributed by atoms with van der Waals surface area (Å²) >= 11 is 0. The first-order chi connectivity index (χ1) is 16.3. The summed E-state index contributed by atoms with van der Waals surface area (Å²) in [5, 5.41) is 3.31. The van der Waals surface area contributed by atoms with E-state index in [2.05, 4.69) is 5.32 Å². The fourth-order valence-electron chi connectivity index (χ4n) is 5.50. The fourth-order valence-corrected chi connectivity index (χ4v) is 5.50. The largest absolute Gasteiger partial charge is 0.497 e. The molecule has 182 valence electrons. The van der Waals surface area contributed by atoms with Gasteiger partial charge in [-0.1, -0.05) is 25.5 Å². The predicted molar refractivity (Wildman–Crippen MR) is 126 cm³/mol. The molecule has 34 heavy (non-hydrogen) atoms. The van der Waals surface area contributed by atoms with Crippen molar-refractivity contribution < 1.29 is 28.6 Å². The normalized spacial score (nSPS) is 25.4. The summed E-state index contributed by atoms with van der Waals surface area (Å²) in [7, 11) is 2.87. The number of methoxy groups -OCH3 is 2. The minimum absolute atomic E-state index is 0.118. The number of rotatable bonds is 5. The molecule has 4 rings (SSSR count). The van der Waals surface area contributed by atoms with Gasteiger partial charge in [0.15, 0.2) is 5.78 Å². The average molecular weight is 468 g/mol. The number of hydrogen-bond donors (Lipinski definition) is 1. The van der Waals surface area contributed by atoms with Crippen LogP contribution >= 0.6 is 0 Å². The van der Waals surface area contributed by atoms with Gasteiger partial charge in [-0.25, -0.2) is 4.79 Å². The molecule has 3 unspecified atom stereocenters. The van der Waals surface area contributed by atoms with E-state index in [0.29, 0.717) is 29.0 Å². The lowest BCUT2D eigenvalue weighted by Crippen LogP contribution is -2.43. The van der Waals surface area contributed by atoms with Gasteiger partial charge in [-0.15, -0.1) is 0 Å². The van der Waals surface area contributed by atoms with Crippen LogP contribution in [0.1, 0.15) is 63.9 Å². The SMILES string of the molecule is COC(=O)C1C(=O)C2=C(CC1C)NC(C)=C(C(=O)OC1CCCCC1)C2c1cccc(OC)c1. The number of ether oxygens (including phenoxy) is 3. The van der Waals surface area contributed by atoms with Crippen molar-refractivity contribution in [3.05, 3.63) is 52.4 Å². The molecule has 7 heteroatoms. The van der Waals surface area contributed by atoms with E-state index in [1.54, 1.807) is 7.11 Å². The highest BCUT2D eigenvalue weighted by molar-refractivity contribution is 6.12. The van der Waals surface area contributed by atoms with Crippen molar-refractivity contribution in [1.82, 2.24) is 5.32 Å². The molecule has 0 aromatic heterocycles. The maximum Gasteiger partial charge on any atom is 0.337 e. The number of benzene rings is 1. The number of allylic oxidation sites excluding steroid dienone is 3. The first-order valence-electron chi connectivity index (χ1n) is 12.0. The van der Waals surface area contributed by atoms with Gasteiger partial charge in [0.2, 0.25) is 0 Å². The van der Waals surface area contributed by atoms with Crippen molar-refractivity contribution >= 4 is 17.7 Å². The molecular weight excluding hydrogens is 434 g/mol. The summed E-state index contributed by atoms with van der Waals surface area (Å²) < 4.78 is 16.3. The Balaban J connectivity index is 1.79. The molecule has 0 amide bonds. The Morgan fingerprint density at radius 1 is 1.09 bits per heavy atom. The van der Waals surface area contributed by atoms with E-state index in [4.69, 9.17) is 14.2 Å². The van der Waals surface area contributed by atoms with Gasteiger partial charge < -0.3 is 19.5 Å². The number of ketones is 1. The molecule has 1 aromatic carbocycles. The standard InChI is InChI=1S/C27H33NO6/c1-15-13-20-24(25(29)21(15)26(30)33-4)23(17-9-8-12-19(14-17)32-3)22(16(2)28-20)27(31)34-18-10-6-5-7-11-18/h8-9,12,14-15,18,21,23,28H,5-7,10-11,13H2,1-4H3. The summed E-state index contributed by atoms with van der Waals surface area (Å²) in [6.45, 7) is 3.72. The number of hydrogen-bond acceptors (Lipinski definition) is 7. The van der Waals surface area contributed by atoms with Gasteiger partial charge in [0.25, 0.3) is 0 Å². The Labute approximate surface area is 200 Å². The van der Waals surface area contributed by atoms with Gasteiger partial charge in [-0.3, -0.25) is 9.59 Å². The molecule has 1 heterocycles. The van der Waals surface area contributed by atoms with Crippen LogP contribution in [-0.4, -0.2) is 38.0 Å². The maximum atomic E-state index is 13.8. The van der Waals surface area contributed by atoms with E-state index >= 15 is 0 Å². The van der Waals surface area contributed by atoms with Crippen molar-refractivity contribution in [2.24, 2.45) is 11.8 Å².